The van der Waals surface area contributed by atoms with Crippen LogP contribution < -0.4 is 0 Å². The van der Waals surface area contributed by atoms with Crippen molar-refractivity contribution < 1.29 is 28.7 Å². The van der Waals surface area contributed by atoms with Gasteiger partial charge in [0.15, 0.2) is 0 Å². The molecule has 14 nitrogen and oxygen atoms in total. The quantitative estimate of drug-likeness (QED) is 0.127. The van der Waals surface area contributed by atoms with E-state index in [1.807, 2.05) is 77.6 Å². The maximum absolute atomic E-state index is 14.5. The Morgan fingerprint density at radius 3 is 1.38 bits per heavy atom. The molecular formula is C52H74N8O6. The van der Waals surface area contributed by atoms with E-state index in [4.69, 9.17) is 19.4 Å². The number of H-pyrrole nitrogens is 2. The van der Waals surface area contributed by atoms with E-state index in [2.05, 4.69) is 79.3 Å². The summed E-state index contributed by atoms with van der Waals surface area (Å²) in [5, 5.41) is 0. The predicted octanol–water partition coefficient (Wildman–Crippen LogP) is 10.7. The van der Waals surface area contributed by atoms with Gasteiger partial charge in [0.2, 0.25) is 11.8 Å². The number of hydrogen-bond acceptors (Lipinski definition) is 8. The molecule has 66 heavy (non-hydrogen) atoms. The number of nitrogens with one attached hydrogen (secondary N) is 2. The lowest BCUT2D eigenvalue weighted by Gasteiger charge is -2.39. The standard InChI is InChI=1S/C52H74N8O6/c1-14-33(5)43(57(12)49(63)65-51(6,7)8)47(61)59-28-16-18-41(59)45-53-30-39(55-45)36-24-20-34(21-25-36)35-22-26-37(27-23-35)40-31-54-46(56-40)42-19-17-29-60(42)48(62)44(38(15-2)32(3)4)58(13)50(64)66-52(9,10)11/h20-27,30-33,38,41-44H,14-19,28-29H2,1-13H3,(H,53,55)(H,54,56)/t33-,38+,41-,42-,43-,44-/m0/s1. The molecule has 0 unspecified atom stereocenters. The van der Waals surface area contributed by atoms with E-state index in [-0.39, 0.29) is 41.7 Å². The third-order valence-corrected chi connectivity index (χ3v) is 13.2. The summed E-state index contributed by atoms with van der Waals surface area (Å²) < 4.78 is 11.4. The minimum absolute atomic E-state index is 0.0427. The molecule has 2 saturated heterocycles. The van der Waals surface area contributed by atoms with Crippen LogP contribution in [-0.4, -0.2) is 114 Å². The molecule has 358 valence electrons. The molecule has 0 aliphatic carbocycles. The van der Waals surface area contributed by atoms with Crippen molar-refractivity contribution in [2.45, 2.75) is 150 Å². The number of hydrogen-bond donors (Lipinski definition) is 2. The number of amides is 4. The molecule has 0 radical (unpaired) electrons. The smallest absolute Gasteiger partial charge is 0.410 e. The number of imidazole rings is 2. The average molecular weight is 907 g/mol. The highest BCUT2D eigenvalue weighted by Gasteiger charge is 2.44. The monoisotopic (exact) mass is 907 g/mol. The molecular weight excluding hydrogens is 833 g/mol. The number of ether oxygens (including phenoxy) is 2. The van der Waals surface area contributed by atoms with Gasteiger partial charge in [-0.15, -0.1) is 0 Å². The number of likely N-dealkylation sites (tertiary alicyclic amines) is 2. The largest absolute Gasteiger partial charge is 0.444 e. The molecule has 14 heteroatoms. The summed E-state index contributed by atoms with van der Waals surface area (Å²) in [5.41, 5.74) is 4.47. The Labute approximate surface area is 392 Å². The fourth-order valence-corrected chi connectivity index (χ4v) is 9.56. The fourth-order valence-electron chi connectivity index (χ4n) is 9.56. The zero-order valence-corrected chi connectivity index (χ0v) is 41.6. The summed E-state index contributed by atoms with van der Waals surface area (Å²) in [5.74, 6) is 1.39. The van der Waals surface area contributed by atoms with Gasteiger partial charge in [-0.05, 0) is 107 Å². The van der Waals surface area contributed by atoms with Crippen LogP contribution in [-0.2, 0) is 19.1 Å². The molecule has 6 atom stereocenters. The van der Waals surface area contributed by atoms with E-state index in [1.54, 1.807) is 14.1 Å². The lowest BCUT2D eigenvalue weighted by molar-refractivity contribution is -0.140. The van der Waals surface area contributed by atoms with Crippen LogP contribution in [0.15, 0.2) is 60.9 Å². The van der Waals surface area contributed by atoms with Crippen molar-refractivity contribution >= 4 is 24.0 Å². The topological polar surface area (TPSA) is 157 Å². The second-order valence-corrected chi connectivity index (χ2v) is 20.7. The molecule has 0 bridgehead atoms. The van der Waals surface area contributed by atoms with Gasteiger partial charge >= 0.3 is 12.2 Å². The van der Waals surface area contributed by atoms with E-state index in [0.717, 1.165) is 83.8 Å². The first-order valence-electron chi connectivity index (χ1n) is 24.0. The lowest BCUT2D eigenvalue weighted by Crippen LogP contribution is -2.54. The number of carbonyl (C=O) groups is 4. The van der Waals surface area contributed by atoms with E-state index >= 15 is 0 Å². The number of rotatable bonds is 14. The van der Waals surface area contributed by atoms with Crippen LogP contribution in [0.2, 0.25) is 0 Å². The van der Waals surface area contributed by atoms with Crippen LogP contribution >= 0.6 is 0 Å². The number of nitrogens with zero attached hydrogens (tertiary/aromatic N) is 6. The molecule has 2 N–H and O–H groups in total. The van der Waals surface area contributed by atoms with Gasteiger partial charge in [-0.2, -0.15) is 0 Å². The van der Waals surface area contributed by atoms with Crippen molar-refractivity contribution in [1.29, 1.82) is 0 Å². The number of aromatic amines is 2. The molecule has 6 rings (SSSR count). The highest BCUT2D eigenvalue weighted by molar-refractivity contribution is 5.87. The molecule has 2 aliphatic heterocycles. The highest BCUT2D eigenvalue weighted by Crippen LogP contribution is 2.37. The molecule has 0 spiro atoms. The van der Waals surface area contributed by atoms with Gasteiger partial charge in [-0.3, -0.25) is 19.4 Å². The van der Waals surface area contributed by atoms with Crippen molar-refractivity contribution in [1.82, 2.24) is 39.5 Å². The van der Waals surface area contributed by atoms with Crippen molar-refractivity contribution in [2.75, 3.05) is 27.2 Å². The summed E-state index contributed by atoms with van der Waals surface area (Å²) in [6, 6.07) is 14.9. The Hall–Kier alpha value is -5.66. The summed E-state index contributed by atoms with van der Waals surface area (Å²) >= 11 is 0. The predicted molar refractivity (Wildman–Crippen MR) is 258 cm³/mol. The Balaban J connectivity index is 1.13. The molecule has 4 amide bonds. The lowest BCUT2D eigenvalue weighted by atomic mass is 9.84. The molecule has 0 saturated carbocycles. The van der Waals surface area contributed by atoms with Crippen molar-refractivity contribution in [3.05, 3.63) is 72.6 Å². The molecule has 2 aliphatic rings. The van der Waals surface area contributed by atoms with Crippen molar-refractivity contribution in [3.8, 4) is 33.6 Å². The first kappa shape index (κ1) is 49.8. The van der Waals surface area contributed by atoms with Crippen LogP contribution in [0.25, 0.3) is 33.6 Å². The normalized spacial score (nSPS) is 18.5. The van der Waals surface area contributed by atoms with E-state index in [1.165, 1.54) is 9.80 Å². The summed E-state index contributed by atoms with van der Waals surface area (Å²) in [6.07, 6.45) is 7.40. The molecule has 4 aromatic rings. The third-order valence-electron chi connectivity index (χ3n) is 13.2. The third kappa shape index (κ3) is 11.3. The molecule has 2 aromatic carbocycles. The average Bonchev–Trinajstić information content (AvgIpc) is 4.11. The van der Waals surface area contributed by atoms with E-state index in [0.29, 0.717) is 13.1 Å². The summed E-state index contributed by atoms with van der Waals surface area (Å²) in [4.78, 5) is 78.5. The number of carbonyl (C=O) groups excluding carboxylic acids is 4. The zero-order chi connectivity index (χ0) is 48.2. The first-order chi connectivity index (χ1) is 31.1. The summed E-state index contributed by atoms with van der Waals surface area (Å²) in [6.45, 7) is 22.5. The van der Waals surface area contributed by atoms with E-state index < -0.39 is 35.5 Å². The molecule has 2 fully saturated rings. The van der Waals surface area contributed by atoms with Gasteiger partial charge in [-0.1, -0.05) is 96.0 Å². The Morgan fingerprint density at radius 1 is 0.636 bits per heavy atom. The van der Waals surface area contributed by atoms with Crippen molar-refractivity contribution in [3.63, 3.8) is 0 Å². The number of likely N-dealkylation sites (N-methyl/N-ethyl adjacent to an activating group) is 2. The van der Waals surface area contributed by atoms with Crippen LogP contribution in [0.4, 0.5) is 9.59 Å². The minimum Gasteiger partial charge on any atom is -0.444 e. The molecule has 4 heterocycles. The Morgan fingerprint density at radius 2 is 1.02 bits per heavy atom. The summed E-state index contributed by atoms with van der Waals surface area (Å²) in [7, 11) is 3.34. The van der Waals surface area contributed by atoms with Crippen LogP contribution in [0.1, 0.15) is 138 Å². The van der Waals surface area contributed by atoms with Gasteiger partial charge in [0, 0.05) is 27.2 Å². The van der Waals surface area contributed by atoms with Gasteiger partial charge < -0.3 is 29.2 Å². The van der Waals surface area contributed by atoms with Gasteiger partial charge in [0.05, 0.1) is 35.9 Å². The zero-order valence-electron chi connectivity index (χ0n) is 41.6. The van der Waals surface area contributed by atoms with Crippen LogP contribution in [0, 0.1) is 17.8 Å². The van der Waals surface area contributed by atoms with Crippen LogP contribution in [0.5, 0.6) is 0 Å². The second kappa shape index (κ2) is 20.5. The maximum Gasteiger partial charge on any atom is 0.410 e. The second-order valence-electron chi connectivity index (χ2n) is 20.7. The Bertz CT molecular complexity index is 2290. The van der Waals surface area contributed by atoms with Gasteiger partial charge in [0.1, 0.15) is 34.9 Å². The first-order valence-corrected chi connectivity index (χ1v) is 24.0. The fraction of sp³-hybridized carbons (Fsp3) is 0.577. The van der Waals surface area contributed by atoms with Gasteiger partial charge in [-0.25, -0.2) is 19.6 Å². The van der Waals surface area contributed by atoms with Crippen molar-refractivity contribution in [2.24, 2.45) is 17.8 Å². The van der Waals surface area contributed by atoms with Gasteiger partial charge in [0.25, 0.3) is 0 Å². The number of aromatic nitrogens is 4. The SMILES string of the molecule is CC[C@H](C(C)C)[C@@H](C(=O)N1CCC[C@H]1c1ncc(-c2ccc(-c3ccc(-c4cnc([C@@H]5CCCN5C(=O)[C@H]([C@@H](C)CC)N(C)C(=O)OC(C)(C)C)[nH]4)cc3)cc2)[nH]1)N(C)C(=O)OC(C)(C)C. The maximum atomic E-state index is 14.5. The Kier molecular flexibility index (Phi) is 15.4. The molecule has 2 aromatic heterocycles. The van der Waals surface area contributed by atoms with Crippen LogP contribution in [0.3, 0.4) is 0 Å². The number of benzene rings is 2. The van der Waals surface area contributed by atoms with E-state index in [9.17, 15) is 19.2 Å². The highest BCUT2D eigenvalue weighted by atomic mass is 16.6. The minimum atomic E-state index is -0.678.